The number of hydrogen-bond donors (Lipinski definition) is 1. The van der Waals surface area contributed by atoms with Crippen LogP contribution in [0.25, 0.3) is 11.4 Å². The summed E-state index contributed by atoms with van der Waals surface area (Å²) in [6, 6.07) is 7.41. The van der Waals surface area contributed by atoms with Gasteiger partial charge in [0.1, 0.15) is 17.5 Å². The van der Waals surface area contributed by atoms with Crippen molar-refractivity contribution in [2.24, 2.45) is 0 Å². The Morgan fingerprint density at radius 2 is 1.93 bits per heavy atom. The summed E-state index contributed by atoms with van der Waals surface area (Å²) in [4.78, 5) is 18.8. The van der Waals surface area contributed by atoms with Gasteiger partial charge in [0.05, 0.1) is 14.2 Å². The third-order valence-electron chi connectivity index (χ3n) is 5.63. The number of nitrogens with one attached hydrogen (secondary N) is 1. The van der Waals surface area contributed by atoms with Gasteiger partial charge in [0.25, 0.3) is 0 Å². The summed E-state index contributed by atoms with van der Waals surface area (Å²) < 4.78 is 12.6. The second kappa shape index (κ2) is 7.28. The first kappa shape index (κ1) is 18.9. The van der Waals surface area contributed by atoms with Gasteiger partial charge in [-0.2, -0.15) is 4.98 Å². The molecule has 0 radical (unpaired) electrons. The Bertz CT molecular complexity index is 1150. The van der Waals surface area contributed by atoms with Crippen LogP contribution in [0.1, 0.15) is 35.7 Å². The molecule has 1 atom stereocenters. The summed E-state index contributed by atoms with van der Waals surface area (Å²) in [5, 5.41) is 10.3. The largest absolute Gasteiger partial charge is 0.497 e. The summed E-state index contributed by atoms with van der Waals surface area (Å²) in [5.74, 6) is 2.73. The van der Waals surface area contributed by atoms with Gasteiger partial charge in [-0.15, -0.1) is 16.4 Å². The maximum atomic E-state index is 12.9. The molecule has 1 aliphatic heterocycles. The molecule has 7 nitrogen and oxygen atoms in total. The first-order valence-electron chi connectivity index (χ1n) is 9.86. The Balaban J connectivity index is 1.67. The molecule has 154 valence electrons. The average molecular weight is 423 g/mol. The van der Waals surface area contributed by atoms with Crippen molar-refractivity contribution < 1.29 is 14.3 Å². The molecular formula is C22H22N4O3S. The van der Waals surface area contributed by atoms with Crippen LogP contribution in [-0.2, 0) is 4.79 Å². The summed E-state index contributed by atoms with van der Waals surface area (Å²) in [7, 11) is 3.23. The van der Waals surface area contributed by atoms with Crippen molar-refractivity contribution in [1.29, 1.82) is 0 Å². The third kappa shape index (κ3) is 2.99. The highest BCUT2D eigenvalue weighted by molar-refractivity contribution is 7.10. The molecule has 3 heterocycles. The number of anilines is 1. The predicted octanol–water partition coefficient (Wildman–Crippen LogP) is 4.35. The number of Topliss-reactive ketones (excluding diaryl/α,β-unsaturated/α-hetero) is 1. The van der Waals surface area contributed by atoms with E-state index in [0.29, 0.717) is 29.7 Å². The van der Waals surface area contributed by atoms with Crippen LogP contribution in [0.15, 0.2) is 40.9 Å². The summed E-state index contributed by atoms with van der Waals surface area (Å²) in [6.45, 7) is 2.08. The van der Waals surface area contributed by atoms with Crippen molar-refractivity contribution in [2.45, 2.75) is 32.2 Å². The quantitative estimate of drug-likeness (QED) is 0.673. The summed E-state index contributed by atoms with van der Waals surface area (Å²) in [5.41, 5.74) is 3.74. The molecule has 0 amide bonds. The van der Waals surface area contributed by atoms with Gasteiger partial charge in [0.15, 0.2) is 11.6 Å². The first-order valence-corrected chi connectivity index (χ1v) is 10.7. The standard InChI is InChI=1S/C22H22N4O3S/c1-12-7-8-30-20(12)19-18-16(5-4-6-17(18)27)23-22-24-21(25-26(19)22)13-9-14(28-2)11-15(10-13)29-3/h7-11,19H,4-6H2,1-3H3,(H,23,24,25). The second-order valence-electron chi connectivity index (χ2n) is 7.47. The number of allylic oxidation sites excluding steroid dienone is 2. The lowest BCUT2D eigenvalue weighted by Crippen LogP contribution is -2.31. The van der Waals surface area contributed by atoms with Crippen LogP contribution in [0.5, 0.6) is 11.5 Å². The van der Waals surface area contributed by atoms with Gasteiger partial charge in [-0.05, 0) is 48.9 Å². The maximum Gasteiger partial charge on any atom is 0.226 e. The normalized spacial score (nSPS) is 18.0. The molecule has 0 spiro atoms. The fourth-order valence-electron chi connectivity index (χ4n) is 4.12. The van der Waals surface area contributed by atoms with Gasteiger partial charge in [-0.25, -0.2) is 4.68 Å². The molecule has 1 unspecified atom stereocenters. The van der Waals surface area contributed by atoms with Crippen LogP contribution >= 0.6 is 11.3 Å². The van der Waals surface area contributed by atoms with E-state index >= 15 is 0 Å². The van der Waals surface area contributed by atoms with E-state index in [9.17, 15) is 4.79 Å². The van der Waals surface area contributed by atoms with E-state index in [2.05, 4.69) is 23.7 Å². The molecule has 0 saturated carbocycles. The first-order chi connectivity index (χ1) is 14.6. The number of fused-ring (bicyclic) bond motifs is 1. The number of benzene rings is 1. The number of aromatic nitrogens is 3. The second-order valence-corrected chi connectivity index (χ2v) is 8.42. The molecule has 3 aromatic rings. The van der Waals surface area contributed by atoms with Gasteiger partial charge >= 0.3 is 0 Å². The topological polar surface area (TPSA) is 78.3 Å². The van der Waals surface area contributed by atoms with Gasteiger partial charge < -0.3 is 14.8 Å². The van der Waals surface area contributed by atoms with Crippen LogP contribution < -0.4 is 14.8 Å². The molecule has 1 aromatic carbocycles. The summed E-state index contributed by atoms with van der Waals surface area (Å²) >= 11 is 1.65. The zero-order valence-corrected chi connectivity index (χ0v) is 17.9. The lowest BCUT2D eigenvalue weighted by Gasteiger charge is -2.31. The van der Waals surface area contributed by atoms with Crippen molar-refractivity contribution >= 4 is 23.1 Å². The predicted molar refractivity (Wildman–Crippen MR) is 115 cm³/mol. The number of carbonyl (C=O) groups excluding carboxylic acids is 1. The SMILES string of the molecule is COc1cc(OC)cc(-c2nc3n(n2)C(c2sccc2C)C2=C(CCCC2=O)N3)c1. The molecule has 8 heteroatoms. The lowest BCUT2D eigenvalue weighted by molar-refractivity contribution is -0.116. The van der Waals surface area contributed by atoms with Gasteiger partial charge in [0, 0.05) is 34.2 Å². The minimum Gasteiger partial charge on any atom is -0.497 e. The van der Waals surface area contributed by atoms with Gasteiger partial charge in [-0.3, -0.25) is 4.79 Å². The Kier molecular flexibility index (Phi) is 4.58. The van der Waals surface area contributed by atoms with E-state index in [1.807, 2.05) is 22.9 Å². The van der Waals surface area contributed by atoms with Gasteiger partial charge in [-0.1, -0.05) is 0 Å². The Labute approximate surface area is 178 Å². The minimum atomic E-state index is -0.252. The number of methoxy groups -OCH3 is 2. The zero-order valence-electron chi connectivity index (χ0n) is 17.1. The molecule has 2 aromatic heterocycles. The molecule has 1 N–H and O–H groups in total. The van der Waals surface area contributed by atoms with Crippen LogP contribution in [0, 0.1) is 6.92 Å². The van der Waals surface area contributed by atoms with E-state index < -0.39 is 0 Å². The van der Waals surface area contributed by atoms with E-state index in [4.69, 9.17) is 19.6 Å². The molecule has 0 saturated heterocycles. The van der Waals surface area contributed by atoms with Crippen molar-refractivity contribution in [3.63, 3.8) is 0 Å². The monoisotopic (exact) mass is 422 g/mol. The molecule has 5 rings (SSSR count). The molecule has 0 fully saturated rings. The number of hydrogen-bond acceptors (Lipinski definition) is 7. The number of thiophene rings is 1. The Hall–Kier alpha value is -3.13. The molecule has 30 heavy (non-hydrogen) atoms. The van der Waals surface area contributed by atoms with Crippen LogP contribution in [-0.4, -0.2) is 34.8 Å². The fourth-order valence-corrected chi connectivity index (χ4v) is 5.14. The Morgan fingerprint density at radius 3 is 2.60 bits per heavy atom. The van der Waals surface area contributed by atoms with Gasteiger partial charge in [0.2, 0.25) is 5.95 Å². The minimum absolute atomic E-state index is 0.187. The van der Waals surface area contributed by atoms with Crippen molar-refractivity contribution in [2.75, 3.05) is 19.5 Å². The maximum absolute atomic E-state index is 12.9. The molecular weight excluding hydrogens is 400 g/mol. The number of nitrogens with zero attached hydrogens (tertiary/aromatic N) is 3. The number of rotatable bonds is 4. The fraction of sp³-hybridized carbons (Fsp3) is 0.318. The number of carbonyl (C=O) groups is 1. The van der Waals surface area contributed by atoms with Crippen molar-refractivity contribution in [1.82, 2.24) is 14.8 Å². The molecule has 1 aliphatic carbocycles. The third-order valence-corrected chi connectivity index (χ3v) is 6.70. The number of ether oxygens (including phenoxy) is 2. The van der Waals surface area contributed by atoms with Crippen molar-refractivity contribution in [3.05, 3.63) is 51.4 Å². The molecule has 2 aliphatic rings. The van der Waals surface area contributed by atoms with Crippen LogP contribution in [0.4, 0.5) is 5.95 Å². The molecule has 0 bridgehead atoms. The highest BCUT2D eigenvalue weighted by Gasteiger charge is 2.38. The van der Waals surface area contributed by atoms with E-state index in [-0.39, 0.29) is 11.8 Å². The number of aryl methyl sites for hydroxylation is 1. The average Bonchev–Trinajstić information content (AvgIpc) is 3.38. The van der Waals surface area contributed by atoms with Crippen molar-refractivity contribution in [3.8, 4) is 22.9 Å². The smallest absolute Gasteiger partial charge is 0.226 e. The Morgan fingerprint density at radius 1 is 1.17 bits per heavy atom. The van der Waals surface area contributed by atoms with Crippen LogP contribution in [0.3, 0.4) is 0 Å². The highest BCUT2D eigenvalue weighted by Crippen LogP contribution is 2.43. The number of ketones is 1. The van der Waals surface area contributed by atoms with E-state index in [0.717, 1.165) is 40.1 Å². The van der Waals surface area contributed by atoms with Crippen LogP contribution in [0.2, 0.25) is 0 Å². The lowest BCUT2D eigenvalue weighted by atomic mass is 9.87. The summed E-state index contributed by atoms with van der Waals surface area (Å²) in [6.07, 6.45) is 2.28. The highest BCUT2D eigenvalue weighted by atomic mass is 32.1. The van der Waals surface area contributed by atoms with E-state index in [1.165, 1.54) is 0 Å². The van der Waals surface area contributed by atoms with E-state index in [1.54, 1.807) is 25.6 Å². The zero-order chi connectivity index (χ0) is 20.8.